The van der Waals surface area contributed by atoms with Crippen LogP contribution in [-0.4, -0.2) is 50.3 Å². The number of nitrogens with one attached hydrogen (secondary N) is 2. The third-order valence-corrected chi connectivity index (χ3v) is 6.60. The second kappa shape index (κ2) is 10.4. The average Bonchev–Trinajstić information content (AvgIpc) is 2.70. The first-order valence-electron chi connectivity index (χ1n) is 9.86. The predicted molar refractivity (Wildman–Crippen MR) is 116 cm³/mol. The van der Waals surface area contributed by atoms with Gasteiger partial charge in [0.1, 0.15) is 11.6 Å². The molecule has 0 aliphatic rings. The van der Waals surface area contributed by atoms with Crippen molar-refractivity contribution in [2.45, 2.75) is 44.9 Å². The summed E-state index contributed by atoms with van der Waals surface area (Å²) in [6.07, 6.45) is 1.76. The number of rotatable bonds is 11. The van der Waals surface area contributed by atoms with Gasteiger partial charge in [-0.1, -0.05) is 20.8 Å². The van der Waals surface area contributed by atoms with Gasteiger partial charge in [0.25, 0.3) is 15.7 Å². The van der Waals surface area contributed by atoms with E-state index in [0.29, 0.717) is 42.0 Å². The molecular weight excluding hydrogens is 446 g/mol. The van der Waals surface area contributed by atoms with Crippen molar-refractivity contribution in [3.63, 3.8) is 0 Å². The highest BCUT2D eigenvalue weighted by Crippen LogP contribution is 2.30. The molecule has 2 aromatic rings. The van der Waals surface area contributed by atoms with Crippen LogP contribution in [0.25, 0.3) is 11.4 Å². The van der Waals surface area contributed by atoms with Gasteiger partial charge in [0.2, 0.25) is 10.0 Å². The van der Waals surface area contributed by atoms with Gasteiger partial charge in [-0.25, -0.2) is 18.1 Å². The summed E-state index contributed by atoms with van der Waals surface area (Å²) in [5, 5.41) is 0. The molecule has 0 amide bonds. The zero-order chi connectivity index (χ0) is 23.2. The molecule has 172 valence electrons. The van der Waals surface area contributed by atoms with Crippen LogP contribution < -0.4 is 15.0 Å². The number of sulfonamides is 1. The van der Waals surface area contributed by atoms with Gasteiger partial charge in [-0.05, 0) is 37.5 Å². The Kier molecular flexibility index (Phi) is 8.34. The second-order valence-electron chi connectivity index (χ2n) is 6.74. The van der Waals surface area contributed by atoms with E-state index in [1.165, 1.54) is 18.2 Å². The fourth-order valence-electron chi connectivity index (χ4n) is 2.92. The molecule has 10 nitrogen and oxygen atoms in total. The smallest absolute Gasteiger partial charge is 0.266 e. The van der Waals surface area contributed by atoms with Gasteiger partial charge in [-0.3, -0.25) is 9.35 Å². The van der Waals surface area contributed by atoms with Crippen molar-refractivity contribution in [1.29, 1.82) is 0 Å². The van der Waals surface area contributed by atoms with Gasteiger partial charge in [0.15, 0.2) is 0 Å². The minimum Gasteiger partial charge on any atom is -0.493 e. The molecule has 0 aliphatic carbocycles. The number of H-pyrrole nitrogens is 1. The van der Waals surface area contributed by atoms with E-state index in [1.54, 1.807) is 0 Å². The van der Waals surface area contributed by atoms with Crippen LogP contribution in [0.5, 0.6) is 5.75 Å². The van der Waals surface area contributed by atoms with E-state index in [2.05, 4.69) is 14.7 Å². The van der Waals surface area contributed by atoms with E-state index >= 15 is 0 Å². The van der Waals surface area contributed by atoms with E-state index in [0.717, 1.165) is 6.42 Å². The predicted octanol–water partition coefficient (Wildman–Crippen LogP) is 1.52. The van der Waals surface area contributed by atoms with Gasteiger partial charge in [0.05, 0.1) is 28.5 Å². The Balaban J connectivity index is 2.55. The zero-order valence-corrected chi connectivity index (χ0v) is 19.3. The summed E-state index contributed by atoms with van der Waals surface area (Å²) in [5.41, 5.74) is 1.17. The molecule has 12 heteroatoms. The van der Waals surface area contributed by atoms with Crippen molar-refractivity contribution in [3.05, 3.63) is 39.8 Å². The van der Waals surface area contributed by atoms with E-state index in [4.69, 9.17) is 9.29 Å². The van der Waals surface area contributed by atoms with E-state index in [9.17, 15) is 21.6 Å². The summed E-state index contributed by atoms with van der Waals surface area (Å²) in [5.74, 6) is -0.224. The minimum absolute atomic E-state index is 0.165. The fourth-order valence-corrected chi connectivity index (χ4v) is 4.46. The molecule has 3 N–H and O–H groups in total. The first kappa shape index (κ1) is 25.0. The Labute approximate surface area is 181 Å². The average molecular weight is 474 g/mol. The number of aromatic nitrogens is 2. The van der Waals surface area contributed by atoms with Gasteiger partial charge < -0.3 is 9.72 Å². The molecule has 0 spiro atoms. The monoisotopic (exact) mass is 473 g/mol. The Hall–Kier alpha value is -2.28. The van der Waals surface area contributed by atoms with Gasteiger partial charge in [0, 0.05) is 12.1 Å². The highest BCUT2D eigenvalue weighted by atomic mass is 32.2. The van der Waals surface area contributed by atoms with Crippen LogP contribution in [0.4, 0.5) is 0 Å². The summed E-state index contributed by atoms with van der Waals surface area (Å²) in [6, 6.07) is 4.08. The SMILES string of the molecule is CCCOc1ccc(S(=O)(=O)NCCS(=O)(=O)O)cc1-c1nc(CC)c(CC)c(=O)[nH]1. The molecule has 2 rings (SSSR count). The molecule has 31 heavy (non-hydrogen) atoms. The zero-order valence-electron chi connectivity index (χ0n) is 17.6. The lowest BCUT2D eigenvalue weighted by Gasteiger charge is -2.14. The lowest BCUT2D eigenvalue weighted by atomic mass is 10.1. The van der Waals surface area contributed by atoms with Crippen LogP contribution in [0.2, 0.25) is 0 Å². The van der Waals surface area contributed by atoms with Crippen molar-refractivity contribution in [2.24, 2.45) is 0 Å². The van der Waals surface area contributed by atoms with Crippen LogP contribution in [0, 0.1) is 0 Å². The summed E-state index contributed by atoms with van der Waals surface area (Å²) in [6.45, 7) is 5.53. The quantitative estimate of drug-likeness (QED) is 0.415. The summed E-state index contributed by atoms with van der Waals surface area (Å²) < 4.78 is 63.5. The van der Waals surface area contributed by atoms with Crippen molar-refractivity contribution in [2.75, 3.05) is 18.9 Å². The Morgan fingerprint density at radius 3 is 2.42 bits per heavy atom. The third kappa shape index (κ3) is 6.60. The minimum atomic E-state index is -4.31. The van der Waals surface area contributed by atoms with Crippen LogP contribution in [0.15, 0.2) is 27.9 Å². The van der Waals surface area contributed by atoms with Crippen LogP contribution >= 0.6 is 0 Å². The molecule has 1 aromatic heterocycles. The summed E-state index contributed by atoms with van der Waals surface area (Å²) in [4.78, 5) is 19.6. The summed E-state index contributed by atoms with van der Waals surface area (Å²) in [7, 11) is -8.40. The highest BCUT2D eigenvalue weighted by Gasteiger charge is 2.20. The first-order valence-corrected chi connectivity index (χ1v) is 13.0. The maximum absolute atomic E-state index is 12.6. The highest BCUT2D eigenvalue weighted by molar-refractivity contribution is 7.89. The molecule has 0 aliphatic heterocycles. The van der Waals surface area contributed by atoms with Gasteiger partial charge in [-0.15, -0.1) is 0 Å². The van der Waals surface area contributed by atoms with Crippen LogP contribution in [0.3, 0.4) is 0 Å². The molecule has 0 saturated heterocycles. The van der Waals surface area contributed by atoms with Gasteiger partial charge >= 0.3 is 0 Å². The summed E-state index contributed by atoms with van der Waals surface area (Å²) >= 11 is 0. The molecular formula is C19H27N3O7S2. The molecule has 0 unspecified atom stereocenters. The number of benzene rings is 1. The Bertz CT molecular complexity index is 1190. The van der Waals surface area contributed by atoms with Crippen molar-refractivity contribution in [3.8, 4) is 17.1 Å². The number of hydrogen-bond donors (Lipinski definition) is 3. The molecule has 1 heterocycles. The number of nitrogens with zero attached hydrogens (tertiary/aromatic N) is 1. The molecule has 0 bridgehead atoms. The Morgan fingerprint density at radius 1 is 1.13 bits per heavy atom. The topological polar surface area (TPSA) is 156 Å². The Morgan fingerprint density at radius 2 is 1.84 bits per heavy atom. The maximum Gasteiger partial charge on any atom is 0.266 e. The molecule has 0 radical (unpaired) electrons. The molecule has 0 fully saturated rings. The second-order valence-corrected chi connectivity index (χ2v) is 10.1. The lowest BCUT2D eigenvalue weighted by molar-refractivity contribution is 0.318. The van der Waals surface area contributed by atoms with Crippen LogP contribution in [0.1, 0.15) is 38.4 Å². The normalized spacial score (nSPS) is 12.1. The van der Waals surface area contributed by atoms with Crippen molar-refractivity contribution < 1.29 is 26.1 Å². The lowest BCUT2D eigenvalue weighted by Crippen LogP contribution is -2.29. The maximum atomic E-state index is 12.6. The third-order valence-electron chi connectivity index (χ3n) is 4.42. The molecule has 0 atom stereocenters. The number of ether oxygens (including phenoxy) is 1. The largest absolute Gasteiger partial charge is 0.493 e. The number of hydrogen-bond acceptors (Lipinski definition) is 7. The van der Waals surface area contributed by atoms with E-state index in [-0.39, 0.29) is 16.3 Å². The first-order chi connectivity index (χ1) is 14.5. The van der Waals surface area contributed by atoms with E-state index < -0.39 is 32.4 Å². The molecule has 1 aromatic carbocycles. The molecule has 0 saturated carbocycles. The van der Waals surface area contributed by atoms with E-state index in [1.807, 2.05) is 20.8 Å². The van der Waals surface area contributed by atoms with Crippen molar-refractivity contribution >= 4 is 20.1 Å². The number of aromatic amines is 1. The standard InChI is InChI=1S/C19H27N3O7S2/c1-4-10-29-17-8-7-13(31(27,28)20-9-11-30(24,25)26)12-15(17)18-21-16(6-3)14(5-2)19(23)22-18/h7-8,12,20H,4-6,9-11H2,1-3H3,(H,21,22,23)(H,24,25,26). The van der Waals surface area contributed by atoms with Crippen LogP contribution in [-0.2, 0) is 33.0 Å². The fraction of sp³-hybridized carbons (Fsp3) is 0.474. The number of aryl methyl sites for hydroxylation is 1. The van der Waals surface area contributed by atoms with Gasteiger partial charge in [-0.2, -0.15) is 8.42 Å². The van der Waals surface area contributed by atoms with Crippen molar-refractivity contribution in [1.82, 2.24) is 14.7 Å².